The molecule has 5 heteroatoms. The van der Waals surface area contributed by atoms with E-state index in [2.05, 4.69) is 0 Å². The van der Waals surface area contributed by atoms with Crippen LogP contribution in [0.2, 0.25) is 0 Å². The Morgan fingerprint density at radius 1 is 1.15 bits per heavy atom. The van der Waals surface area contributed by atoms with Crippen molar-refractivity contribution < 1.29 is 24.1 Å². The van der Waals surface area contributed by atoms with Gasteiger partial charge in [0, 0.05) is 21.3 Å². The van der Waals surface area contributed by atoms with Crippen LogP contribution in [-0.4, -0.2) is 57.6 Å². The zero-order chi connectivity index (χ0) is 9.84. The molecule has 4 atom stereocenters. The van der Waals surface area contributed by atoms with Crippen LogP contribution in [0.15, 0.2) is 0 Å². The highest BCUT2D eigenvalue weighted by Crippen LogP contribution is 2.19. The van der Waals surface area contributed by atoms with Gasteiger partial charge in [0.15, 0.2) is 6.29 Å². The molecule has 0 aliphatic carbocycles. The van der Waals surface area contributed by atoms with Gasteiger partial charge >= 0.3 is 0 Å². The molecule has 0 spiro atoms. The molecule has 0 aromatic rings. The molecule has 5 nitrogen and oxygen atoms in total. The van der Waals surface area contributed by atoms with Crippen LogP contribution in [0.25, 0.3) is 0 Å². The van der Waals surface area contributed by atoms with E-state index >= 15 is 0 Å². The third kappa shape index (κ3) is 2.18. The topological polar surface area (TPSA) is 57.2 Å². The Morgan fingerprint density at radius 3 is 2.31 bits per heavy atom. The second-order valence-electron chi connectivity index (χ2n) is 2.90. The maximum Gasteiger partial charge on any atom is 0.186 e. The fourth-order valence-electron chi connectivity index (χ4n) is 1.42. The second kappa shape index (κ2) is 4.88. The summed E-state index contributed by atoms with van der Waals surface area (Å²) in [7, 11) is 4.54. The second-order valence-corrected chi connectivity index (χ2v) is 2.90. The van der Waals surface area contributed by atoms with E-state index in [4.69, 9.17) is 18.9 Å². The van der Waals surface area contributed by atoms with Gasteiger partial charge in [0.25, 0.3) is 0 Å². The van der Waals surface area contributed by atoms with Crippen molar-refractivity contribution in [1.82, 2.24) is 0 Å². The maximum absolute atomic E-state index is 9.72. The van der Waals surface area contributed by atoms with E-state index in [0.717, 1.165) is 0 Å². The van der Waals surface area contributed by atoms with Gasteiger partial charge in [-0.1, -0.05) is 0 Å². The quantitative estimate of drug-likeness (QED) is 0.646. The number of aliphatic hydroxyl groups excluding tert-OH is 1. The van der Waals surface area contributed by atoms with Crippen molar-refractivity contribution >= 4 is 0 Å². The lowest BCUT2D eigenvalue weighted by molar-refractivity contribution is -0.271. The standard InChI is InChI=1S/C8H16O5/c1-10-5-4-13-8(12-3)7(11-2)6(5)9/h5-9H,4H2,1-3H3/t5-,6+,7-,8?/m1/s1. The lowest BCUT2D eigenvalue weighted by atomic mass is 10.1. The molecular formula is C8H16O5. The molecule has 1 saturated heterocycles. The van der Waals surface area contributed by atoms with Crippen molar-refractivity contribution in [2.75, 3.05) is 27.9 Å². The summed E-state index contributed by atoms with van der Waals surface area (Å²) in [5.41, 5.74) is 0. The molecular weight excluding hydrogens is 176 g/mol. The first-order valence-corrected chi connectivity index (χ1v) is 4.12. The van der Waals surface area contributed by atoms with Crippen molar-refractivity contribution in [3.63, 3.8) is 0 Å². The molecule has 1 fully saturated rings. The molecule has 13 heavy (non-hydrogen) atoms. The highest BCUT2D eigenvalue weighted by molar-refractivity contribution is 4.84. The first-order chi connectivity index (χ1) is 6.24. The molecule has 0 bridgehead atoms. The Balaban J connectivity index is 2.59. The summed E-state index contributed by atoms with van der Waals surface area (Å²) in [5, 5.41) is 9.72. The first-order valence-electron chi connectivity index (χ1n) is 4.12. The summed E-state index contributed by atoms with van der Waals surface area (Å²) in [4.78, 5) is 0. The molecule has 0 amide bonds. The van der Waals surface area contributed by atoms with Gasteiger partial charge in [0.05, 0.1) is 6.61 Å². The predicted octanol–water partition coefficient (Wildman–Crippen LogP) is -0.620. The van der Waals surface area contributed by atoms with Crippen LogP contribution in [0.1, 0.15) is 0 Å². The van der Waals surface area contributed by atoms with E-state index in [1.807, 2.05) is 0 Å². The van der Waals surface area contributed by atoms with Gasteiger partial charge in [0.1, 0.15) is 18.3 Å². The highest BCUT2D eigenvalue weighted by atomic mass is 16.7. The molecule has 1 N–H and O–H groups in total. The van der Waals surface area contributed by atoms with Crippen LogP contribution < -0.4 is 0 Å². The lowest BCUT2D eigenvalue weighted by Gasteiger charge is -2.37. The lowest BCUT2D eigenvalue weighted by Crippen LogP contribution is -2.54. The van der Waals surface area contributed by atoms with Gasteiger partial charge in [-0.3, -0.25) is 0 Å². The fraction of sp³-hybridized carbons (Fsp3) is 1.00. The molecule has 1 unspecified atom stereocenters. The average Bonchev–Trinajstić information content (AvgIpc) is 2.17. The van der Waals surface area contributed by atoms with Gasteiger partial charge < -0.3 is 24.1 Å². The summed E-state index contributed by atoms with van der Waals surface area (Å²) >= 11 is 0. The molecule has 0 saturated carbocycles. The smallest absolute Gasteiger partial charge is 0.186 e. The van der Waals surface area contributed by atoms with Crippen molar-refractivity contribution in [3.05, 3.63) is 0 Å². The van der Waals surface area contributed by atoms with Gasteiger partial charge in [-0.05, 0) is 0 Å². The maximum atomic E-state index is 9.72. The van der Waals surface area contributed by atoms with Gasteiger partial charge in [0.2, 0.25) is 0 Å². The molecule has 1 aliphatic heterocycles. The molecule has 1 heterocycles. The van der Waals surface area contributed by atoms with Crippen LogP contribution in [-0.2, 0) is 18.9 Å². The normalized spacial score (nSPS) is 40.6. The number of aliphatic hydroxyl groups is 1. The monoisotopic (exact) mass is 192 g/mol. The number of hydrogen-bond acceptors (Lipinski definition) is 5. The van der Waals surface area contributed by atoms with Crippen molar-refractivity contribution in [1.29, 1.82) is 0 Å². The Hall–Kier alpha value is -0.200. The number of rotatable bonds is 3. The molecule has 78 valence electrons. The van der Waals surface area contributed by atoms with E-state index in [0.29, 0.717) is 6.61 Å². The van der Waals surface area contributed by atoms with Crippen LogP contribution in [0.5, 0.6) is 0 Å². The van der Waals surface area contributed by atoms with Gasteiger partial charge in [-0.2, -0.15) is 0 Å². The van der Waals surface area contributed by atoms with E-state index in [9.17, 15) is 5.11 Å². The van der Waals surface area contributed by atoms with E-state index in [-0.39, 0.29) is 6.10 Å². The van der Waals surface area contributed by atoms with E-state index in [1.54, 1.807) is 0 Å². The minimum Gasteiger partial charge on any atom is -0.387 e. The van der Waals surface area contributed by atoms with Gasteiger partial charge in [-0.15, -0.1) is 0 Å². The zero-order valence-electron chi connectivity index (χ0n) is 8.10. The van der Waals surface area contributed by atoms with Crippen LogP contribution in [0, 0.1) is 0 Å². The Kier molecular flexibility index (Phi) is 4.08. The molecule has 0 aromatic carbocycles. The Bertz CT molecular complexity index is 151. The van der Waals surface area contributed by atoms with Crippen molar-refractivity contribution in [2.24, 2.45) is 0 Å². The largest absolute Gasteiger partial charge is 0.387 e. The van der Waals surface area contributed by atoms with E-state index in [1.165, 1.54) is 21.3 Å². The molecule has 1 rings (SSSR count). The summed E-state index contributed by atoms with van der Waals surface area (Å²) in [6.45, 7) is 0.316. The Labute approximate surface area is 77.5 Å². The summed E-state index contributed by atoms with van der Waals surface area (Å²) < 4.78 is 20.3. The number of hydrogen-bond donors (Lipinski definition) is 1. The van der Waals surface area contributed by atoms with Crippen molar-refractivity contribution in [3.8, 4) is 0 Å². The number of methoxy groups -OCH3 is 3. The van der Waals surface area contributed by atoms with E-state index < -0.39 is 18.5 Å². The highest BCUT2D eigenvalue weighted by Gasteiger charge is 2.40. The summed E-state index contributed by atoms with van der Waals surface area (Å²) in [6.07, 6.45) is -2.08. The SMILES string of the molecule is COC1OC[C@@H](OC)[C@H](O)[C@H]1OC. The molecule has 0 aromatic heterocycles. The minimum atomic E-state index is -0.714. The van der Waals surface area contributed by atoms with Crippen LogP contribution in [0.3, 0.4) is 0 Å². The zero-order valence-corrected chi connectivity index (χ0v) is 8.10. The van der Waals surface area contributed by atoms with Crippen LogP contribution >= 0.6 is 0 Å². The average molecular weight is 192 g/mol. The third-order valence-electron chi connectivity index (χ3n) is 2.22. The number of ether oxygens (including phenoxy) is 4. The van der Waals surface area contributed by atoms with Gasteiger partial charge in [-0.25, -0.2) is 0 Å². The first kappa shape index (κ1) is 10.9. The summed E-state index contributed by atoms with van der Waals surface area (Å²) in [5.74, 6) is 0. The molecule has 0 radical (unpaired) electrons. The van der Waals surface area contributed by atoms with Crippen molar-refractivity contribution in [2.45, 2.75) is 24.6 Å². The Morgan fingerprint density at radius 2 is 1.85 bits per heavy atom. The predicted molar refractivity (Wildman–Crippen MR) is 44.3 cm³/mol. The fourth-order valence-corrected chi connectivity index (χ4v) is 1.42. The van der Waals surface area contributed by atoms with Crippen LogP contribution in [0.4, 0.5) is 0 Å². The molecule has 1 aliphatic rings. The minimum absolute atomic E-state index is 0.316. The summed E-state index contributed by atoms with van der Waals surface area (Å²) in [6, 6.07) is 0. The third-order valence-corrected chi connectivity index (χ3v) is 2.22.